The average molecular weight is 230 g/mol. The molecule has 1 fully saturated rings. The highest BCUT2D eigenvalue weighted by Gasteiger charge is 2.49. The number of alkyl halides is 1. The van der Waals surface area contributed by atoms with Gasteiger partial charge in [0.1, 0.15) is 11.4 Å². The van der Waals surface area contributed by atoms with E-state index in [0.29, 0.717) is 5.15 Å². The quantitative estimate of drug-likeness (QED) is 0.454. The van der Waals surface area contributed by atoms with Crippen molar-refractivity contribution in [2.24, 2.45) is 0 Å². The Kier molecular flexibility index (Phi) is 2.50. The maximum absolute atomic E-state index is 11.0. The van der Waals surface area contributed by atoms with Crippen LogP contribution in [0.5, 0.6) is 0 Å². The lowest BCUT2D eigenvalue weighted by atomic mass is 9.97. The van der Waals surface area contributed by atoms with Gasteiger partial charge in [-0.2, -0.15) is 0 Å². The Hall–Kier alpha value is -0.600. The molecule has 0 spiro atoms. The molecule has 1 aliphatic carbocycles. The van der Waals surface area contributed by atoms with Crippen molar-refractivity contribution in [2.75, 3.05) is 0 Å². The van der Waals surface area contributed by atoms with E-state index in [4.69, 9.17) is 23.2 Å². The first kappa shape index (κ1) is 9.94. The average Bonchev–Trinajstić information content (AvgIpc) is 2.89. The molecular formula is C10H9Cl2NO. The van der Waals surface area contributed by atoms with Crippen LogP contribution in [0.4, 0.5) is 0 Å². The molecule has 0 bridgehead atoms. The summed E-state index contributed by atoms with van der Waals surface area (Å²) in [5.41, 5.74) is 0.733. The van der Waals surface area contributed by atoms with Gasteiger partial charge < -0.3 is 4.79 Å². The predicted octanol–water partition coefficient (Wildman–Crippen LogP) is 2.79. The van der Waals surface area contributed by atoms with E-state index in [2.05, 4.69) is 4.98 Å². The van der Waals surface area contributed by atoms with E-state index in [1.165, 1.54) is 0 Å². The van der Waals surface area contributed by atoms with Gasteiger partial charge in [0.05, 0.1) is 10.8 Å². The van der Waals surface area contributed by atoms with E-state index in [9.17, 15) is 4.79 Å². The van der Waals surface area contributed by atoms with Crippen LogP contribution in [0, 0.1) is 0 Å². The molecule has 1 aromatic heterocycles. The summed E-state index contributed by atoms with van der Waals surface area (Å²) in [5, 5.41) is 0.372. The van der Waals surface area contributed by atoms with Crippen molar-refractivity contribution in [1.82, 2.24) is 4.98 Å². The molecule has 1 atom stereocenters. The second kappa shape index (κ2) is 3.52. The van der Waals surface area contributed by atoms with Crippen LogP contribution in [0.15, 0.2) is 18.3 Å². The van der Waals surface area contributed by atoms with E-state index in [1.54, 1.807) is 18.3 Å². The molecule has 1 aromatic rings. The highest BCUT2D eigenvalue weighted by Crippen LogP contribution is 2.52. The van der Waals surface area contributed by atoms with Crippen molar-refractivity contribution in [3.8, 4) is 0 Å². The second-order valence-electron chi connectivity index (χ2n) is 3.53. The fourth-order valence-electron chi connectivity index (χ4n) is 1.53. The molecule has 1 unspecified atom stereocenters. The molecule has 2 rings (SSSR count). The molecule has 0 aliphatic heterocycles. The van der Waals surface area contributed by atoms with Gasteiger partial charge in [-0.3, -0.25) is 0 Å². The number of hydrogen-bond acceptors (Lipinski definition) is 2. The first-order valence-corrected chi connectivity index (χ1v) is 5.17. The van der Waals surface area contributed by atoms with Crippen LogP contribution in [-0.2, 0) is 4.79 Å². The molecule has 0 N–H and O–H groups in total. The number of aromatic nitrogens is 1. The monoisotopic (exact) mass is 229 g/mol. The maximum atomic E-state index is 11.0. The molecule has 4 heteroatoms. The van der Waals surface area contributed by atoms with E-state index >= 15 is 0 Å². The molecule has 0 aromatic carbocycles. The molecule has 1 aliphatic rings. The third-order valence-electron chi connectivity index (χ3n) is 2.54. The Balaban J connectivity index is 2.37. The van der Waals surface area contributed by atoms with Crippen LogP contribution in [0.2, 0.25) is 5.15 Å². The number of rotatable bonds is 3. The normalized spacial score (nSPS) is 20.1. The van der Waals surface area contributed by atoms with E-state index < -0.39 is 4.87 Å². The Bertz CT molecular complexity index is 363. The third kappa shape index (κ3) is 1.64. The molecular weight excluding hydrogens is 221 g/mol. The standard InChI is InChI=1S/C10H9Cl2NO/c11-9-7(2-1-5-13-9)8(6-14)10(12)3-4-10/h1-2,5-6,8H,3-4H2. The zero-order valence-corrected chi connectivity index (χ0v) is 8.92. The largest absolute Gasteiger partial charge is 0.303 e. The number of hydrogen-bond donors (Lipinski definition) is 0. The van der Waals surface area contributed by atoms with Crippen molar-refractivity contribution in [3.05, 3.63) is 29.0 Å². The number of carbonyl (C=O) groups is 1. The van der Waals surface area contributed by atoms with Crippen molar-refractivity contribution in [2.45, 2.75) is 23.6 Å². The number of halogens is 2. The molecule has 0 radical (unpaired) electrons. The summed E-state index contributed by atoms with van der Waals surface area (Å²) in [6.45, 7) is 0. The van der Waals surface area contributed by atoms with Crippen molar-refractivity contribution >= 4 is 29.5 Å². The molecule has 14 heavy (non-hydrogen) atoms. The van der Waals surface area contributed by atoms with E-state index in [1.807, 2.05) is 0 Å². The second-order valence-corrected chi connectivity index (χ2v) is 4.64. The predicted molar refractivity (Wildman–Crippen MR) is 55.9 cm³/mol. The molecule has 0 saturated heterocycles. The topological polar surface area (TPSA) is 30.0 Å². The summed E-state index contributed by atoms with van der Waals surface area (Å²) in [5.74, 6) is -0.328. The minimum Gasteiger partial charge on any atom is -0.303 e. The summed E-state index contributed by atoms with van der Waals surface area (Å²) in [6, 6.07) is 3.57. The first-order valence-electron chi connectivity index (χ1n) is 4.42. The van der Waals surface area contributed by atoms with Crippen molar-refractivity contribution in [1.29, 1.82) is 0 Å². The summed E-state index contributed by atoms with van der Waals surface area (Å²) in [4.78, 5) is 14.5. The lowest BCUT2D eigenvalue weighted by Gasteiger charge is -2.16. The van der Waals surface area contributed by atoms with Gasteiger partial charge in [-0.25, -0.2) is 4.98 Å². The number of nitrogens with zero attached hydrogens (tertiary/aromatic N) is 1. The van der Waals surface area contributed by atoms with Crippen LogP contribution in [-0.4, -0.2) is 16.1 Å². The lowest BCUT2D eigenvalue weighted by molar-refractivity contribution is -0.109. The maximum Gasteiger partial charge on any atom is 0.132 e. The zero-order valence-electron chi connectivity index (χ0n) is 7.41. The first-order chi connectivity index (χ1) is 6.67. The summed E-state index contributed by atoms with van der Waals surface area (Å²) in [7, 11) is 0. The van der Waals surface area contributed by atoms with E-state index in [-0.39, 0.29) is 5.92 Å². The van der Waals surface area contributed by atoms with Gasteiger partial charge in [-0.05, 0) is 18.9 Å². The minimum atomic E-state index is -0.408. The van der Waals surface area contributed by atoms with Crippen LogP contribution in [0.1, 0.15) is 24.3 Å². The number of pyridine rings is 1. The van der Waals surface area contributed by atoms with E-state index in [0.717, 1.165) is 24.7 Å². The SMILES string of the molecule is O=CC(c1cccnc1Cl)C1(Cl)CC1. The summed E-state index contributed by atoms with van der Waals surface area (Å²) >= 11 is 12.1. The van der Waals surface area contributed by atoms with Gasteiger partial charge in [0.2, 0.25) is 0 Å². The molecule has 0 amide bonds. The fraction of sp³-hybridized carbons (Fsp3) is 0.400. The van der Waals surface area contributed by atoms with Gasteiger partial charge >= 0.3 is 0 Å². The molecule has 1 saturated carbocycles. The van der Waals surface area contributed by atoms with Crippen LogP contribution in [0.25, 0.3) is 0 Å². The van der Waals surface area contributed by atoms with Gasteiger partial charge in [0.25, 0.3) is 0 Å². The van der Waals surface area contributed by atoms with Gasteiger partial charge in [-0.1, -0.05) is 17.7 Å². The summed E-state index contributed by atoms with van der Waals surface area (Å²) < 4.78 is 0. The Morgan fingerprint density at radius 3 is 2.79 bits per heavy atom. The zero-order chi connectivity index (χ0) is 10.2. The third-order valence-corrected chi connectivity index (χ3v) is 3.47. The van der Waals surface area contributed by atoms with Crippen molar-refractivity contribution < 1.29 is 4.79 Å². The number of aldehydes is 1. The van der Waals surface area contributed by atoms with Crippen LogP contribution < -0.4 is 0 Å². The fourth-order valence-corrected chi connectivity index (χ4v) is 2.04. The van der Waals surface area contributed by atoms with Crippen LogP contribution >= 0.6 is 23.2 Å². The Morgan fingerprint density at radius 1 is 1.57 bits per heavy atom. The molecule has 2 nitrogen and oxygen atoms in total. The van der Waals surface area contributed by atoms with Gasteiger partial charge in [0.15, 0.2) is 0 Å². The minimum absolute atomic E-state index is 0.328. The Labute approximate surface area is 92.2 Å². The highest BCUT2D eigenvalue weighted by molar-refractivity contribution is 6.31. The molecule has 74 valence electrons. The lowest BCUT2D eigenvalue weighted by Crippen LogP contribution is -2.16. The Morgan fingerprint density at radius 2 is 2.29 bits per heavy atom. The van der Waals surface area contributed by atoms with Gasteiger partial charge in [0, 0.05) is 11.8 Å². The summed E-state index contributed by atoms with van der Waals surface area (Å²) in [6.07, 6.45) is 4.19. The number of carbonyl (C=O) groups excluding carboxylic acids is 1. The molecule has 1 heterocycles. The van der Waals surface area contributed by atoms with Crippen molar-refractivity contribution in [3.63, 3.8) is 0 Å². The smallest absolute Gasteiger partial charge is 0.132 e. The highest BCUT2D eigenvalue weighted by atomic mass is 35.5. The van der Waals surface area contributed by atoms with Gasteiger partial charge in [-0.15, -0.1) is 11.6 Å². The van der Waals surface area contributed by atoms with Crippen LogP contribution in [0.3, 0.4) is 0 Å².